The molecular formula is C17H16FN3O3. The fraction of sp³-hybridized carbons (Fsp3) is 0.176. The third-order valence-corrected chi connectivity index (χ3v) is 3.57. The van der Waals surface area contributed by atoms with Crippen molar-refractivity contribution in [3.63, 3.8) is 0 Å². The summed E-state index contributed by atoms with van der Waals surface area (Å²) in [6.45, 7) is 0.271. The molecule has 6 nitrogen and oxygen atoms in total. The first-order valence-electron chi connectivity index (χ1n) is 7.35. The molecule has 0 aromatic heterocycles. The third kappa shape index (κ3) is 3.45. The van der Waals surface area contributed by atoms with Gasteiger partial charge in [0.25, 0.3) is 0 Å². The molecule has 0 atom stereocenters. The number of likely N-dealkylation sites (N-methyl/N-ethyl adjacent to an activating group) is 1. The van der Waals surface area contributed by atoms with Gasteiger partial charge >= 0.3 is 6.03 Å². The van der Waals surface area contributed by atoms with E-state index in [1.54, 1.807) is 37.4 Å². The number of nitrogens with one attached hydrogen (secondary N) is 1. The monoisotopic (exact) mass is 329 g/mol. The number of hydrogen-bond donors (Lipinski definition) is 1. The zero-order valence-corrected chi connectivity index (χ0v) is 13.0. The number of urea groups is 1. The van der Waals surface area contributed by atoms with E-state index in [1.807, 2.05) is 0 Å². The number of amides is 3. The summed E-state index contributed by atoms with van der Waals surface area (Å²) in [4.78, 5) is 26.7. The number of anilines is 1. The average Bonchev–Trinajstić information content (AvgIpc) is 2.89. The highest BCUT2D eigenvalue weighted by atomic mass is 19.1. The van der Waals surface area contributed by atoms with Crippen molar-refractivity contribution in [2.75, 3.05) is 25.6 Å². The SMILES string of the molecule is CN1CN(C(=O)Nc2ccccc2Oc2cccc(F)c2)CC1=O. The molecule has 1 N–H and O–H groups in total. The first-order valence-corrected chi connectivity index (χ1v) is 7.35. The minimum absolute atomic E-state index is 0.0370. The van der Waals surface area contributed by atoms with E-state index in [2.05, 4.69) is 5.32 Å². The molecule has 1 saturated heterocycles. The number of hydrogen-bond acceptors (Lipinski definition) is 3. The first-order chi connectivity index (χ1) is 11.5. The van der Waals surface area contributed by atoms with Crippen LogP contribution in [0.2, 0.25) is 0 Å². The maximum Gasteiger partial charge on any atom is 0.323 e. The van der Waals surface area contributed by atoms with Crippen LogP contribution in [0, 0.1) is 5.82 Å². The number of para-hydroxylation sites is 2. The Morgan fingerprint density at radius 2 is 2.00 bits per heavy atom. The second kappa shape index (κ2) is 6.57. The van der Waals surface area contributed by atoms with Gasteiger partial charge in [-0.3, -0.25) is 9.69 Å². The second-order valence-electron chi connectivity index (χ2n) is 5.42. The minimum atomic E-state index is -0.410. The van der Waals surface area contributed by atoms with Crippen LogP contribution < -0.4 is 10.1 Å². The van der Waals surface area contributed by atoms with E-state index < -0.39 is 11.8 Å². The number of carbonyl (C=O) groups is 2. The second-order valence-corrected chi connectivity index (χ2v) is 5.42. The molecule has 3 rings (SSSR count). The van der Waals surface area contributed by atoms with Gasteiger partial charge in [-0.25, -0.2) is 9.18 Å². The van der Waals surface area contributed by atoms with Crippen molar-refractivity contribution in [2.24, 2.45) is 0 Å². The summed E-state index contributed by atoms with van der Waals surface area (Å²) in [6.07, 6.45) is 0. The summed E-state index contributed by atoms with van der Waals surface area (Å²) in [5, 5.41) is 2.72. The number of carbonyl (C=O) groups excluding carboxylic acids is 2. The molecule has 0 aliphatic carbocycles. The number of ether oxygens (including phenoxy) is 1. The molecular weight excluding hydrogens is 313 g/mol. The van der Waals surface area contributed by atoms with Crippen LogP contribution in [-0.4, -0.2) is 42.0 Å². The Kier molecular flexibility index (Phi) is 4.33. The maximum absolute atomic E-state index is 13.3. The van der Waals surface area contributed by atoms with E-state index in [9.17, 15) is 14.0 Å². The summed E-state index contributed by atoms with van der Waals surface area (Å²) in [5.74, 6) is 0.185. The van der Waals surface area contributed by atoms with Gasteiger partial charge in [0, 0.05) is 13.1 Å². The lowest BCUT2D eigenvalue weighted by Crippen LogP contribution is -2.34. The van der Waals surface area contributed by atoms with Crippen LogP contribution in [0.5, 0.6) is 11.5 Å². The average molecular weight is 329 g/mol. The van der Waals surface area contributed by atoms with Gasteiger partial charge in [-0.15, -0.1) is 0 Å². The molecule has 2 aromatic carbocycles. The molecule has 1 aliphatic rings. The Hall–Kier alpha value is -3.09. The van der Waals surface area contributed by atoms with Crippen LogP contribution in [0.15, 0.2) is 48.5 Å². The van der Waals surface area contributed by atoms with Gasteiger partial charge in [0.15, 0.2) is 5.75 Å². The Labute approximate surface area is 138 Å². The molecule has 0 unspecified atom stereocenters. The summed E-state index contributed by atoms with van der Waals surface area (Å²) < 4.78 is 18.9. The molecule has 0 spiro atoms. The summed E-state index contributed by atoms with van der Waals surface area (Å²) >= 11 is 0. The largest absolute Gasteiger partial charge is 0.455 e. The molecule has 7 heteroatoms. The lowest BCUT2D eigenvalue weighted by molar-refractivity contribution is -0.125. The zero-order valence-electron chi connectivity index (χ0n) is 13.0. The molecule has 3 amide bonds. The predicted octanol–water partition coefficient (Wildman–Crippen LogP) is 2.88. The summed E-state index contributed by atoms with van der Waals surface area (Å²) in [7, 11) is 1.64. The van der Waals surface area contributed by atoms with E-state index >= 15 is 0 Å². The number of rotatable bonds is 3. The van der Waals surface area contributed by atoms with Gasteiger partial charge in [-0.05, 0) is 24.3 Å². The molecule has 1 fully saturated rings. The number of benzene rings is 2. The molecule has 0 saturated carbocycles. The molecule has 2 aromatic rings. The topological polar surface area (TPSA) is 61.9 Å². The highest BCUT2D eigenvalue weighted by Crippen LogP contribution is 2.29. The third-order valence-electron chi connectivity index (χ3n) is 3.57. The number of halogens is 1. The normalized spacial score (nSPS) is 14.0. The summed E-state index contributed by atoms with van der Waals surface area (Å²) in [6, 6.07) is 12.2. The predicted molar refractivity (Wildman–Crippen MR) is 86.3 cm³/mol. The fourth-order valence-corrected chi connectivity index (χ4v) is 2.32. The number of nitrogens with zero attached hydrogens (tertiary/aromatic N) is 2. The Balaban J connectivity index is 1.74. The van der Waals surface area contributed by atoms with Crippen molar-refractivity contribution in [1.82, 2.24) is 9.80 Å². The lowest BCUT2D eigenvalue weighted by Gasteiger charge is -2.17. The standard InChI is InChI=1S/C17H16FN3O3/c1-20-11-21(10-16(20)22)17(23)19-14-7-2-3-8-15(14)24-13-6-4-5-12(18)9-13/h2-9H,10-11H2,1H3,(H,19,23). The molecule has 1 aliphatic heterocycles. The zero-order chi connectivity index (χ0) is 17.1. The van der Waals surface area contributed by atoms with Crippen molar-refractivity contribution in [2.45, 2.75) is 0 Å². The van der Waals surface area contributed by atoms with Crippen molar-refractivity contribution in [1.29, 1.82) is 0 Å². The Morgan fingerprint density at radius 3 is 2.71 bits per heavy atom. The van der Waals surface area contributed by atoms with E-state index in [1.165, 1.54) is 28.0 Å². The first kappa shape index (κ1) is 15.8. The van der Waals surface area contributed by atoms with Crippen LogP contribution in [-0.2, 0) is 4.79 Å². The molecule has 124 valence electrons. The molecule has 0 radical (unpaired) electrons. The highest BCUT2D eigenvalue weighted by Gasteiger charge is 2.28. The van der Waals surface area contributed by atoms with Crippen LogP contribution in [0.25, 0.3) is 0 Å². The Bertz CT molecular complexity index is 781. The van der Waals surface area contributed by atoms with Crippen molar-refractivity contribution in [3.05, 3.63) is 54.3 Å². The van der Waals surface area contributed by atoms with Gasteiger partial charge in [0.05, 0.1) is 12.4 Å². The van der Waals surface area contributed by atoms with Gasteiger partial charge in [-0.1, -0.05) is 18.2 Å². The summed E-state index contributed by atoms with van der Waals surface area (Å²) in [5.41, 5.74) is 0.439. The lowest BCUT2D eigenvalue weighted by atomic mass is 10.3. The van der Waals surface area contributed by atoms with Crippen LogP contribution in [0.3, 0.4) is 0 Å². The van der Waals surface area contributed by atoms with E-state index in [4.69, 9.17) is 4.74 Å². The highest BCUT2D eigenvalue weighted by molar-refractivity contribution is 5.95. The van der Waals surface area contributed by atoms with E-state index in [0.29, 0.717) is 17.2 Å². The molecule has 24 heavy (non-hydrogen) atoms. The fourth-order valence-electron chi connectivity index (χ4n) is 2.32. The van der Waals surface area contributed by atoms with Crippen LogP contribution in [0.1, 0.15) is 0 Å². The van der Waals surface area contributed by atoms with E-state index in [0.717, 1.165) is 0 Å². The quantitative estimate of drug-likeness (QED) is 0.942. The van der Waals surface area contributed by atoms with E-state index in [-0.39, 0.29) is 19.1 Å². The van der Waals surface area contributed by atoms with Gasteiger partial charge in [0.2, 0.25) is 5.91 Å². The van der Waals surface area contributed by atoms with Crippen molar-refractivity contribution >= 4 is 17.6 Å². The van der Waals surface area contributed by atoms with Gasteiger partial charge in [-0.2, -0.15) is 0 Å². The minimum Gasteiger partial charge on any atom is -0.455 e. The molecule has 1 heterocycles. The van der Waals surface area contributed by atoms with Crippen LogP contribution in [0.4, 0.5) is 14.9 Å². The molecule has 0 bridgehead atoms. The van der Waals surface area contributed by atoms with Crippen LogP contribution >= 0.6 is 0 Å². The maximum atomic E-state index is 13.3. The van der Waals surface area contributed by atoms with Crippen molar-refractivity contribution in [3.8, 4) is 11.5 Å². The van der Waals surface area contributed by atoms with Crippen molar-refractivity contribution < 1.29 is 18.7 Å². The smallest absolute Gasteiger partial charge is 0.323 e. The Morgan fingerprint density at radius 1 is 1.21 bits per heavy atom. The van der Waals surface area contributed by atoms with Gasteiger partial charge < -0.3 is 15.0 Å². The van der Waals surface area contributed by atoms with Gasteiger partial charge in [0.1, 0.15) is 18.1 Å².